The molecular formula is C12H13N3O5. The number of nitriles is 1. The van der Waals surface area contributed by atoms with E-state index >= 15 is 0 Å². The largest absolute Gasteiger partial charge is 0.483 e. The van der Waals surface area contributed by atoms with Crippen LogP contribution in [-0.4, -0.2) is 29.1 Å². The van der Waals surface area contributed by atoms with E-state index in [1.165, 1.54) is 18.2 Å². The maximum Gasteiger partial charge on any atom is 0.270 e. The molecule has 0 spiro atoms. The fourth-order valence-corrected chi connectivity index (χ4v) is 1.40. The average Bonchev–Trinajstić information content (AvgIpc) is 2.45. The highest BCUT2D eigenvalue weighted by molar-refractivity contribution is 5.77. The van der Waals surface area contributed by atoms with Crippen molar-refractivity contribution in [2.75, 3.05) is 13.2 Å². The number of ether oxygens (including phenoxy) is 1. The molecule has 8 nitrogen and oxygen atoms in total. The van der Waals surface area contributed by atoms with E-state index < -0.39 is 17.4 Å². The van der Waals surface area contributed by atoms with Crippen LogP contribution in [0.3, 0.4) is 0 Å². The quantitative estimate of drug-likeness (QED) is 0.425. The van der Waals surface area contributed by atoms with E-state index in [1.807, 2.05) is 6.07 Å². The highest BCUT2D eigenvalue weighted by Crippen LogP contribution is 2.24. The standard InChI is InChI=1S/C12H13N3O5/c13-4-1-5-14-12(17)8-20-11-3-2-10(15(18)19)6-9(11)7-16/h2-3,6,16H,1,5,7-8H2,(H,14,17). The third-order valence-electron chi connectivity index (χ3n) is 2.34. The molecule has 0 aliphatic carbocycles. The van der Waals surface area contributed by atoms with Crippen molar-refractivity contribution in [2.45, 2.75) is 13.0 Å². The molecule has 2 N–H and O–H groups in total. The molecule has 0 aliphatic rings. The number of nitrogens with zero attached hydrogens (tertiary/aromatic N) is 2. The van der Waals surface area contributed by atoms with Crippen LogP contribution in [0.2, 0.25) is 0 Å². The van der Waals surface area contributed by atoms with Gasteiger partial charge in [0.2, 0.25) is 0 Å². The summed E-state index contributed by atoms with van der Waals surface area (Å²) >= 11 is 0. The van der Waals surface area contributed by atoms with Gasteiger partial charge in [0.25, 0.3) is 11.6 Å². The van der Waals surface area contributed by atoms with Crippen LogP contribution in [0.15, 0.2) is 18.2 Å². The summed E-state index contributed by atoms with van der Waals surface area (Å²) in [6.45, 7) is -0.505. The monoisotopic (exact) mass is 279 g/mol. The van der Waals surface area contributed by atoms with Crippen molar-refractivity contribution in [2.24, 2.45) is 0 Å². The van der Waals surface area contributed by atoms with E-state index in [4.69, 9.17) is 15.1 Å². The normalized spacial score (nSPS) is 9.60. The van der Waals surface area contributed by atoms with Gasteiger partial charge in [-0.15, -0.1) is 0 Å². The molecule has 1 rings (SSSR count). The molecule has 0 fully saturated rings. The van der Waals surface area contributed by atoms with Crippen molar-refractivity contribution in [3.05, 3.63) is 33.9 Å². The maximum atomic E-state index is 11.3. The van der Waals surface area contributed by atoms with Crippen molar-refractivity contribution >= 4 is 11.6 Å². The second kappa shape index (κ2) is 7.70. The lowest BCUT2D eigenvalue weighted by Crippen LogP contribution is -2.29. The Morgan fingerprint density at radius 2 is 2.30 bits per heavy atom. The average molecular weight is 279 g/mol. The summed E-state index contributed by atoms with van der Waals surface area (Å²) in [5, 5.41) is 30.5. The van der Waals surface area contributed by atoms with Gasteiger partial charge in [-0.1, -0.05) is 0 Å². The van der Waals surface area contributed by atoms with Gasteiger partial charge in [-0.2, -0.15) is 5.26 Å². The molecule has 0 radical (unpaired) electrons. The molecule has 0 aromatic heterocycles. The number of nitro benzene ring substituents is 1. The minimum atomic E-state index is -0.586. The third-order valence-corrected chi connectivity index (χ3v) is 2.34. The smallest absolute Gasteiger partial charge is 0.270 e. The molecule has 0 unspecified atom stereocenters. The molecule has 0 saturated heterocycles. The van der Waals surface area contributed by atoms with E-state index in [-0.39, 0.29) is 36.6 Å². The summed E-state index contributed by atoms with van der Waals surface area (Å²) in [5.41, 5.74) is 0.0592. The molecule has 8 heteroatoms. The van der Waals surface area contributed by atoms with Gasteiger partial charge in [-0.05, 0) is 6.07 Å². The second-order valence-electron chi connectivity index (χ2n) is 3.75. The van der Waals surface area contributed by atoms with Crippen molar-refractivity contribution in [3.63, 3.8) is 0 Å². The number of nitro groups is 1. The fraction of sp³-hybridized carbons (Fsp3) is 0.333. The number of aliphatic hydroxyl groups is 1. The van der Waals surface area contributed by atoms with Crippen LogP contribution in [0.1, 0.15) is 12.0 Å². The number of aliphatic hydroxyl groups excluding tert-OH is 1. The van der Waals surface area contributed by atoms with Crippen LogP contribution < -0.4 is 10.1 Å². The van der Waals surface area contributed by atoms with Gasteiger partial charge < -0.3 is 15.2 Å². The molecule has 0 aliphatic heterocycles. The summed E-state index contributed by atoms with van der Waals surface area (Å²) in [6.07, 6.45) is 0.200. The maximum absolute atomic E-state index is 11.3. The minimum absolute atomic E-state index is 0.167. The Morgan fingerprint density at radius 3 is 2.90 bits per heavy atom. The second-order valence-corrected chi connectivity index (χ2v) is 3.75. The Balaban J connectivity index is 2.62. The predicted octanol–water partition coefficient (Wildman–Crippen LogP) is 0.496. The van der Waals surface area contributed by atoms with Crippen molar-refractivity contribution in [1.82, 2.24) is 5.32 Å². The summed E-state index contributed by atoms with van der Waals surface area (Å²) in [7, 11) is 0. The molecule has 106 valence electrons. The number of hydrogen-bond donors (Lipinski definition) is 2. The zero-order valence-electron chi connectivity index (χ0n) is 10.5. The molecule has 1 aromatic rings. The van der Waals surface area contributed by atoms with Crippen LogP contribution in [0.5, 0.6) is 5.75 Å². The Bertz CT molecular complexity index is 538. The molecule has 20 heavy (non-hydrogen) atoms. The SMILES string of the molecule is N#CCCNC(=O)COc1ccc([N+](=O)[O-])cc1CO. The first kappa shape index (κ1) is 15.4. The number of non-ortho nitro benzene ring substituents is 1. The highest BCUT2D eigenvalue weighted by Gasteiger charge is 2.12. The van der Waals surface area contributed by atoms with Crippen molar-refractivity contribution in [3.8, 4) is 11.8 Å². The van der Waals surface area contributed by atoms with E-state index in [9.17, 15) is 14.9 Å². The van der Waals surface area contributed by atoms with E-state index in [2.05, 4.69) is 5.32 Å². The lowest BCUT2D eigenvalue weighted by molar-refractivity contribution is -0.385. The lowest BCUT2D eigenvalue weighted by Gasteiger charge is -2.09. The minimum Gasteiger partial charge on any atom is -0.483 e. The molecule has 0 atom stereocenters. The predicted molar refractivity (Wildman–Crippen MR) is 67.8 cm³/mol. The van der Waals surface area contributed by atoms with Gasteiger partial charge in [0.05, 0.1) is 24.0 Å². The first-order valence-electron chi connectivity index (χ1n) is 5.73. The number of hydrogen-bond acceptors (Lipinski definition) is 6. The molecule has 0 saturated carbocycles. The zero-order valence-corrected chi connectivity index (χ0v) is 10.5. The first-order chi connectivity index (χ1) is 9.58. The number of benzene rings is 1. The molecule has 0 bridgehead atoms. The Kier molecular flexibility index (Phi) is 5.93. The Morgan fingerprint density at radius 1 is 1.55 bits per heavy atom. The van der Waals surface area contributed by atoms with Crippen LogP contribution in [0.4, 0.5) is 5.69 Å². The van der Waals surface area contributed by atoms with E-state index in [0.29, 0.717) is 0 Å². The van der Waals surface area contributed by atoms with Gasteiger partial charge in [0, 0.05) is 24.2 Å². The van der Waals surface area contributed by atoms with Crippen LogP contribution >= 0.6 is 0 Å². The molecule has 0 heterocycles. The fourth-order valence-electron chi connectivity index (χ4n) is 1.40. The van der Waals surface area contributed by atoms with Gasteiger partial charge in [0.1, 0.15) is 5.75 Å². The third kappa shape index (κ3) is 4.55. The van der Waals surface area contributed by atoms with Crippen LogP contribution in [0, 0.1) is 21.4 Å². The topological polar surface area (TPSA) is 125 Å². The number of nitrogens with one attached hydrogen (secondary N) is 1. The summed E-state index contributed by atoms with van der Waals surface area (Å²) in [6, 6.07) is 5.61. The van der Waals surface area contributed by atoms with Gasteiger partial charge >= 0.3 is 0 Å². The van der Waals surface area contributed by atoms with E-state index in [0.717, 1.165) is 0 Å². The van der Waals surface area contributed by atoms with Crippen LogP contribution in [0.25, 0.3) is 0 Å². The Labute approximate surface area is 114 Å². The summed E-state index contributed by atoms with van der Waals surface area (Å²) in [5.74, 6) is -0.212. The van der Waals surface area contributed by atoms with Gasteiger partial charge in [-0.3, -0.25) is 14.9 Å². The summed E-state index contributed by atoms with van der Waals surface area (Å²) < 4.78 is 5.18. The van der Waals surface area contributed by atoms with E-state index in [1.54, 1.807) is 0 Å². The van der Waals surface area contributed by atoms with Crippen LogP contribution in [-0.2, 0) is 11.4 Å². The molecule has 1 amide bonds. The number of carbonyl (C=O) groups excluding carboxylic acids is 1. The number of rotatable bonds is 7. The zero-order chi connectivity index (χ0) is 15.0. The number of carbonyl (C=O) groups is 1. The number of amides is 1. The Hall–Kier alpha value is -2.66. The first-order valence-corrected chi connectivity index (χ1v) is 5.73. The summed E-state index contributed by atoms with van der Waals surface area (Å²) in [4.78, 5) is 21.3. The van der Waals surface area contributed by atoms with Gasteiger partial charge in [0.15, 0.2) is 6.61 Å². The van der Waals surface area contributed by atoms with Gasteiger partial charge in [-0.25, -0.2) is 0 Å². The molecular weight excluding hydrogens is 266 g/mol. The molecule has 1 aromatic carbocycles. The van der Waals surface area contributed by atoms with Crippen molar-refractivity contribution < 1.29 is 19.6 Å². The van der Waals surface area contributed by atoms with Crippen molar-refractivity contribution in [1.29, 1.82) is 5.26 Å². The highest BCUT2D eigenvalue weighted by atomic mass is 16.6. The lowest BCUT2D eigenvalue weighted by atomic mass is 10.2.